The van der Waals surface area contributed by atoms with Gasteiger partial charge in [0.2, 0.25) is 0 Å². The molecule has 0 unspecified atom stereocenters. The number of carbonyl (C=O) groups is 1. The van der Waals surface area contributed by atoms with Gasteiger partial charge in [0.15, 0.2) is 0 Å². The van der Waals surface area contributed by atoms with Crippen LogP contribution in [0.25, 0.3) is 0 Å². The summed E-state index contributed by atoms with van der Waals surface area (Å²) in [5.41, 5.74) is 7.80. The third-order valence-corrected chi connectivity index (χ3v) is 3.16. The van der Waals surface area contributed by atoms with Crippen molar-refractivity contribution >= 4 is 27.5 Å². The van der Waals surface area contributed by atoms with Crippen molar-refractivity contribution in [3.05, 3.63) is 58.3 Å². The summed E-state index contributed by atoms with van der Waals surface area (Å²) in [6, 6.07) is 11.0. The molecule has 2 N–H and O–H groups in total. The molecular formula is C14H14BrN3O. The zero-order valence-corrected chi connectivity index (χ0v) is 12.1. The first-order valence-electron chi connectivity index (χ1n) is 5.77. The monoisotopic (exact) mass is 319 g/mol. The van der Waals surface area contributed by atoms with E-state index >= 15 is 0 Å². The minimum atomic E-state index is -0.107. The number of rotatable bonds is 3. The molecular weight excluding hydrogens is 306 g/mol. The molecule has 0 aliphatic carbocycles. The fraction of sp³-hybridized carbons (Fsp3) is 0.143. The first-order valence-corrected chi connectivity index (χ1v) is 6.57. The van der Waals surface area contributed by atoms with Crippen LogP contribution in [0.5, 0.6) is 0 Å². The van der Waals surface area contributed by atoms with Crippen molar-refractivity contribution in [3.63, 3.8) is 0 Å². The minimum Gasteiger partial charge on any atom is -0.399 e. The number of nitrogens with zero attached hydrogens (tertiary/aromatic N) is 2. The zero-order valence-electron chi connectivity index (χ0n) is 10.5. The van der Waals surface area contributed by atoms with Gasteiger partial charge >= 0.3 is 0 Å². The number of nitrogens with two attached hydrogens (primary N) is 1. The van der Waals surface area contributed by atoms with Crippen molar-refractivity contribution in [1.82, 2.24) is 9.88 Å². The van der Waals surface area contributed by atoms with E-state index in [-0.39, 0.29) is 5.91 Å². The van der Waals surface area contributed by atoms with E-state index < -0.39 is 0 Å². The number of halogens is 1. The van der Waals surface area contributed by atoms with Crippen LogP contribution in [0, 0.1) is 0 Å². The Kier molecular flexibility index (Phi) is 4.16. The summed E-state index contributed by atoms with van der Waals surface area (Å²) < 4.78 is 0.852. The third-order valence-electron chi connectivity index (χ3n) is 2.69. The molecule has 2 rings (SSSR count). The van der Waals surface area contributed by atoms with Crippen molar-refractivity contribution in [2.45, 2.75) is 6.54 Å². The normalized spacial score (nSPS) is 10.2. The molecule has 0 spiro atoms. The average Bonchev–Trinajstić information content (AvgIpc) is 2.41. The van der Waals surface area contributed by atoms with E-state index in [1.54, 1.807) is 30.3 Å². The Labute approximate surface area is 120 Å². The van der Waals surface area contributed by atoms with E-state index in [9.17, 15) is 4.79 Å². The maximum Gasteiger partial charge on any atom is 0.272 e. The Morgan fingerprint density at radius 3 is 2.53 bits per heavy atom. The van der Waals surface area contributed by atoms with Gasteiger partial charge in [-0.1, -0.05) is 12.1 Å². The van der Waals surface area contributed by atoms with Crippen molar-refractivity contribution in [1.29, 1.82) is 0 Å². The number of hydrogen-bond acceptors (Lipinski definition) is 3. The number of anilines is 1. The fourth-order valence-electron chi connectivity index (χ4n) is 1.67. The molecule has 0 saturated heterocycles. The maximum atomic E-state index is 12.2. The number of hydrogen-bond donors (Lipinski definition) is 1. The molecule has 19 heavy (non-hydrogen) atoms. The molecule has 2 aromatic rings. The second kappa shape index (κ2) is 5.84. The van der Waals surface area contributed by atoms with Crippen molar-refractivity contribution in [2.24, 2.45) is 0 Å². The van der Waals surface area contributed by atoms with Gasteiger partial charge in [-0.25, -0.2) is 4.98 Å². The topological polar surface area (TPSA) is 59.2 Å². The summed E-state index contributed by atoms with van der Waals surface area (Å²) in [6.07, 6.45) is 1.62. The van der Waals surface area contributed by atoms with Crippen LogP contribution in [-0.4, -0.2) is 22.8 Å². The summed E-state index contributed by atoms with van der Waals surface area (Å²) in [7, 11) is 1.75. The van der Waals surface area contributed by atoms with Gasteiger partial charge in [-0.05, 0) is 45.8 Å². The van der Waals surface area contributed by atoms with Gasteiger partial charge in [-0.15, -0.1) is 0 Å². The Hall–Kier alpha value is -1.88. The molecule has 0 atom stereocenters. The maximum absolute atomic E-state index is 12.2. The number of amides is 1. The average molecular weight is 320 g/mol. The molecule has 98 valence electrons. The van der Waals surface area contributed by atoms with E-state index in [2.05, 4.69) is 20.9 Å². The van der Waals surface area contributed by atoms with E-state index in [0.717, 1.165) is 10.0 Å². The molecule has 0 radical (unpaired) electrons. The number of benzene rings is 1. The number of aromatic nitrogens is 1. The van der Waals surface area contributed by atoms with Gasteiger partial charge in [0, 0.05) is 29.9 Å². The second-order valence-electron chi connectivity index (χ2n) is 4.26. The number of carbonyl (C=O) groups excluding carboxylic acids is 1. The van der Waals surface area contributed by atoms with Gasteiger partial charge < -0.3 is 10.6 Å². The molecule has 1 aromatic heterocycles. The van der Waals surface area contributed by atoms with Gasteiger partial charge in [0.25, 0.3) is 5.91 Å². The highest BCUT2D eigenvalue weighted by atomic mass is 79.9. The largest absolute Gasteiger partial charge is 0.399 e. The Bertz CT molecular complexity index is 566. The van der Waals surface area contributed by atoms with Crippen molar-refractivity contribution < 1.29 is 4.79 Å². The Morgan fingerprint density at radius 1 is 1.26 bits per heavy atom. The second-order valence-corrected chi connectivity index (χ2v) is 5.18. The highest BCUT2D eigenvalue weighted by Crippen LogP contribution is 2.11. The van der Waals surface area contributed by atoms with Crippen molar-refractivity contribution in [2.75, 3.05) is 12.8 Å². The minimum absolute atomic E-state index is 0.107. The highest BCUT2D eigenvalue weighted by Gasteiger charge is 2.13. The van der Waals surface area contributed by atoms with Crippen LogP contribution < -0.4 is 5.73 Å². The molecule has 1 heterocycles. The van der Waals surface area contributed by atoms with E-state index in [4.69, 9.17) is 5.73 Å². The van der Waals surface area contributed by atoms with Crippen LogP contribution in [0.2, 0.25) is 0 Å². The number of nitrogen functional groups attached to an aromatic ring is 1. The van der Waals surface area contributed by atoms with Crippen LogP contribution in [0.4, 0.5) is 5.69 Å². The summed E-state index contributed by atoms with van der Waals surface area (Å²) >= 11 is 3.29. The highest BCUT2D eigenvalue weighted by molar-refractivity contribution is 9.10. The molecule has 5 heteroatoms. The van der Waals surface area contributed by atoms with Gasteiger partial charge in [0.1, 0.15) is 5.69 Å². The molecule has 0 bridgehead atoms. The summed E-state index contributed by atoms with van der Waals surface area (Å²) in [5.74, 6) is -0.107. The molecule has 4 nitrogen and oxygen atoms in total. The van der Waals surface area contributed by atoms with Gasteiger partial charge in [-0.3, -0.25) is 4.79 Å². The molecule has 0 aliphatic heterocycles. The fourth-order valence-corrected chi connectivity index (χ4v) is 1.90. The molecule has 0 aliphatic rings. The lowest BCUT2D eigenvalue weighted by Crippen LogP contribution is -2.26. The predicted octanol–water partition coefficient (Wildman–Crippen LogP) is 2.70. The molecule has 0 saturated carbocycles. The zero-order chi connectivity index (χ0) is 13.8. The van der Waals surface area contributed by atoms with Crippen LogP contribution in [-0.2, 0) is 6.54 Å². The van der Waals surface area contributed by atoms with E-state index in [1.807, 2.05) is 24.3 Å². The Balaban J connectivity index is 2.07. The summed E-state index contributed by atoms with van der Waals surface area (Å²) in [5, 5.41) is 0. The van der Waals surface area contributed by atoms with E-state index in [1.165, 1.54) is 0 Å². The lowest BCUT2D eigenvalue weighted by Gasteiger charge is -2.16. The van der Waals surface area contributed by atoms with Crippen molar-refractivity contribution in [3.8, 4) is 0 Å². The van der Waals surface area contributed by atoms with Crippen LogP contribution in [0.1, 0.15) is 16.1 Å². The quantitative estimate of drug-likeness (QED) is 0.885. The predicted molar refractivity (Wildman–Crippen MR) is 78.6 cm³/mol. The first kappa shape index (κ1) is 13.5. The van der Waals surface area contributed by atoms with Gasteiger partial charge in [-0.2, -0.15) is 0 Å². The first-order chi connectivity index (χ1) is 9.06. The van der Waals surface area contributed by atoms with Crippen LogP contribution >= 0.6 is 15.9 Å². The smallest absolute Gasteiger partial charge is 0.272 e. The SMILES string of the molecule is CN(Cc1ccc(N)cc1)C(=O)c1ccc(Br)cn1. The lowest BCUT2D eigenvalue weighted by molar-refractivity contribution is 0.0779. The summed E-state index contributed by atoms with van der Waals surface area (Å²) in [6.45, 7) is 0.525. The lowest BCUT2D eigenvalue weighted by atomic mass is 10.2. The molecule has 1 amide bonds. The molecule has 0 fully saturated rings. The van der Waals surface area contributed by atoms with Crippen LogP contribution in [0.15, 0.2) is 47.1 Å². The number of pyridine rings is 1. The van der Waals surface area contributed by atoms with E-state index in [0.29, 0.717) is 17.9 Å². The Morgan fingerprint density at radius 2 is 1.95 bits per heavy atom. The van der Waals surface area contributed by atoms with Gasteiger partial charge in [0.05, 0.1) is 0 Å². The third kappa shape index (κ3) is 3.54. The van der Waals surface area contributed by atoms with Crippen LogP contribution in [0.3, 0.4) is 0 Å². The summed E-state index contributed by atoms with van der Waals surface area (Å²) in [4.78, 5) is 17.9. The standard InChI is InChI=1S/C14H14BrN3O/c1-18(9-10-2-5-12(16)6-3-10)14(19)13-7-4-11(15)8-17-13/h2-8H,9,16H2,1H3. The molecule has 1 aromatic carbocycles.